The average Bonchev–Trinajstić information content (AvgIpc) is 2.65. The average molecular weight is 402 g/mol. The fourth-order valence-electron chi connectivity index (χ4n) is 2.95. The summed E-state index contributed by atoms with van der Waals surface area (Å²) in [5.74, 6) is 1.44. The quantitative estimate of drug-likeness (QED) is 0.724. The number of carbonyl (C=O) groups is 1. The van der Waals surface area contributed by atoms with Crippen LogP contribution in [0.3, 0.4) is 0 Å². The van der Waals surface area contributed by atoms with Crippen molar-refractivity contribution in [2.45, 2.75) is 13.0 Å². The fraction of sp³-hybridized carbons (Fsp3) is 0.250. The number of hydrogen-bond donors (Lipinski definition) is 0. The fourth-order valence-corrected chi connectivity index (χ4v) is 3.36. The van der Waals surface area contributed by atoms with Crippen LogP contribution >= 0.6 is 15.9 Å². The number of rotatable bonds is 4. The predicted molar refractivity (Wildman–Crippen MR) is 102 cm³/mol. The minimum Gasteiger partial charge on any atom is -0.493 e. The summed E-state index contributed by atoms with van der Waals surface area (Å²) in [5, 5.41) is 0. The van der Waals surface area contributed by atoms with E-state index in [0.29, 0.717) is 18.8 Å². The Morgan fingerprint density at radius 1 is 1.12 bits per heavy atom. The molecule has 0 atom stereocenters. The predicted octanol–water partition coefficient (Wildman–Crippen LogP) is 4.06. The number of hydrogen-bond acceptors (Lipinski definition) is 3. The van der Waals surface area contributed by atoms with Gasteiger partial charge in [-0.1, -0.05) is 34.1 Å². The van der Waals surface area contributed by atoms with Gasteiger partial charge in [0, 0.05) is 23.6 Å². The van der Waals surface area contributed by atoms with Gasteiger partial charge in [-0.25, -0.2) is 0 Å². The molecule has 0 N–H and O–H groups in total. The van der Waals surface area contributed by atoms with E-state index in [1.807, 2.05) is 47.4 Å². The Kier molecular flexibility index (Phi) is 5.43. The first-order chi connectivity index (χ1) is 12.1. The summed E-state index contributed by atoms with van der Waals surface area (Å²) in [5.41, 5.74) is 3.29. The highest BCUT2D eigenvalue weighted by molar-refractivity contribution is 9.10. The number of benzene rings is 2. The summed E-state index contributed by atoms with van der Waals surface area (Å²) in [4.78, 5) is 14.4. The molecule has 5 heteroatoms. The van der Waals surface area contributed by atoms with Gasteiger partial charge in [-0.3, -0.25) is 4.79 Å². The summed E-state index contributed by atoms with van der Waals surface area (Å²) in [6.07, 6.45) is 4.28. The molecule has 0 saturated carbocycles. The Morgan fingerprint density at radius 3 is 2.48 bits per heavy atom. The van der Waals surface area contributed by atoms with Crippen LogP contribution < -0.4 is 9.47 Å². The van der Waals surface area contributed by atoms with Gasteiger partial charge < -0.3 is 14.4 Å². The number of fused-ring (bicyclic) bond motifs is 1. The number of amides is 1. The summed E-state index contributed by atoms with van der Waals surface area (Å²) in [7, 11) is 3.26. The largest absolute Gasteiger partial charge is 0.493 e. The third-order valence-corrected chi connectivity index (χ3v) is 5.06. The van der Waals surface area contributed by atoms with Crippen molar-refractivity contribution >= 4 is 27.9 Å². The molecule has 0 saturated heterocycles. The smallest absolute Gasteiger partial charge is 0.246 e. The molecule has 0 spiro atoms. The lowest BCUT2D eigenvalue weighted by Crippen LogP contribution is -2.34. The second-order valence-corrected chi connectivity index (χ2v) is 6.69. The van der Waals surface area contributed by atoms with Crippen molar-refractivity contribution in [2.75, 3.05) is 20.8 Å². The second kappa shape index (κ2) is 7.74. The van der Waals surface area contributed by atoms with Gasteiger partial charge in [0.05, 0.1) is 14.2 Å². The van der Waals surface area contributed by atoms with Crippen molar-refractivity contribution in [1.29, 1.82) is 0 Å². The Hall–Kier alpha value is -2.27. The van der Waals surface area contributed by atoms with E-state index in [1.165, 1.54) is 5.56 Å². The van der Waals surface area contributed by atoms with Crippen molar-refractivity contribution in [2.24, 2.45) is 0 Å². The molecule has 130 valence electrons. The van der Waals surface area contributed by atoms with Gasteiger partial charge in [-0.15, -0.1) is 0 Å². The van der Waals surface area contributed by atoms with E-state index in [-0.39, 0.29) is 5.91 Å². The van der Waals surface area contributed by atoms with Crippen LogP contribution in [0.1, 0.15) is 16.7 Å². The van der Waals surface area contributed by atoms with Crippen LogP contribution in [0.2, 0.25) is 0 Å². The van der Waals surface area contributed by atoms with Crippen LogP contribution in [0, 0.1) is 0 Å². The van der Waals surface area contributed by atoms with Gasteiger partial charge >= 0.3 is 0 Å². The van der Waals surface area contributed by atoms with Crippen LogP contribution in [0.5, 0.6) is 11.5 Å². The van der Waals surface area contributed by atoms with E-state index in [1.54, 1.807) is 20.3 Å². The van der Waals surface area contributed by atoms with E-state index in [4.69, 9.17) is 9.47 Å². The maximum atomic E-state index is 12.5. The Bertz CT molecular complexity index is 817. The van der Waals surface area contributed by atoms with Crippen molar-refractivity contribution in [1.82, 2.24) is 4.90 Å². The molecule has 2 aromatic rings. The van der Waals surface area contributed by atoms with Crippen LogP contribution in [0.4, 0.5) is 0 Å². The summed E-state index contributed by atoms with van der Waals surface area (Å²) in [6, 6.07) is 11.8. The maximum Gasteiger partial charge on any atom is 0.246 e. The Labute approximate surface area is 156 Å². The molecular weight excluding hydrogens is 382 g/mol. The van der Waals surface area contributed by atoms with E-state index in [2.05, 4.69) is 15.9 Å². The number of halogens is 1. The highest BCUT2D eigenvalue weighted by Crippen LogP contribution is 2.33. The maximum absolute atomic E-state index is 12.5. The van der Waals surface area contributed by atoms with Crippen LogP contribution in [-0.2, 0) is 17.8 Å². The normalized spacial score (nSPS) is 13.6. The number of carbonyl (C=O) groups excluding carboxylic acids is 1. The molecule has 1 heterocycles. The van der Waals surface area contributed by atoms with Crippen LogP contribution in [-0.4, -0.2) is 31.6 Å². The summed E-state index contributed by atoms with van der Waals surface area (Å²) in [6.45, 7) is 1.27. The lowest BCUT2D eigenvalue weighted by Gasteiger charge is -2.28. The van der Waals surface area contributed by atoms with Crippen molar-refractivity contribution in [3.8, 4) is 11.5 Å². The lowest BCUT2D eigenvalue weighted by molar-refractivity contribution is -0.126. The van der Waals surface area contributed by atoms with E-state index < -0.39 is 0 Å². The minimum atomic E-state index is 0.0104. The Morgan fingerprint density at radius 2 is 1.80 bits per heavy atom. The zero-order valence-electron chi connectivity index (χ0n) is 14.3. The molecule has 0 aromatic heterocycles. The van der Waals surface area contributed by atoms with Gasteiger partial charge in [0.25, 0.3) is 0 Å². The standard InChI is InChI=1S/C20H20BrNO3/c1-24-18-11-15-9-10-22(13-16(15)12-19(18)25-2)20(23)8-7-14-5-3-4-6-17(14)21/h3-8,11-12H,9-10,13H2,1-2H3. The minimum absolute atomic E-state index is 0.0104. The van der Waals surface area contributed by atoms with Crippen molar-refractivity contribution in [3.63, 3.8) is 0 Å². The van der Waals surface area contributed by atoms with E-state index in [0.717, 1.165) is 27.8 Å². The molecule has 4 nitrogen and oxygen atoms in total. The summed E-state index contributed by atoms with van der Waals surface area (Å²) >= 11 is 3.49. The molecule has 0 bridgehead atoms. The second-order valence-electron chi connectivity index (χ2n) is 5.84. The molecule has 1 amide bonds. The third kappa shape index (κ3) is 3.87. The molecule has 1 aliphatic heterocycles. The first kappa shape index (κ1) is 17.5. The molecule has 25 heavy (non-hydrogen) atoms. The van der Waals surface area contributed by atoms with E-state index >= 15 is 0 Å². The first-order valence-electron chi connectivity index (χ1n) is 8.07. The number of ether oxygens (including phenoxy) is 2. The van der Waals surface area contributed by atoms with Crippen LogP contribution in [0.15, 0.2) is 46.9 Å². The molecule has 0 unspecified atom stereocenters. The van der Waals surface area contributed by atoms with Gasteiger partial charge in [-0.2, -0.15) is 0 Å². The molecule has 1 aliphatic rings. The first-order valence-corrected chi connectivity index (χ1v) is 8.87. The highest BCUT2D eigenvalue weighted by atomic mass is 79.9. The van der Waals surface area contributed by atoms with Gasteiger partial charge in [0.1, 0.15) is 0 Å². The van der Waals surface area contributed by atoms with Gasteiger partial charge in [-0.05, 0) is 47.4 Å². The van der Waals surface area contributed by atoms with Gasteiger partial charge in [0.2, 0.25) is 5.91 Å². The van der Waals surface area contributed by atoms with Crippen molar-refractivity contribution in [3.05, 3.63) is 63.6 Å². The molecule has 0 radical (unpaired) electrons. The SMILES string of the molecule is COc1cc2c(cc1OC)CN(C(=O)C=Cc1ccccc1Br)CC2. The molecule has 3 rings (SSSR count). The molecule has 0 fully saturated rings. The van der Waals surface area contributed by atoms with E-state index in [9.17, 15) is 4.79 Å². The number of methoxy groups -OCH3 is 2. The number of nitrogens with zero attached hydrogens (tertiary/aromatic N) is 1. The zero-order valence-corrected chi connectivity index (χ0v) is 15.9. The Balaban J connectivity index is 1.76. The molecule has 0 aliphatic carbocycles. The molecular formula is C20H20BrNO3. The van der Waals surface area contributed by atoms with Crippen molar-refractivity contribution < 1.29 is 14.3 Å². The van der Waals surface area contributed by atoms with Crippen LogP contribution in [0.25, 0.3) is 6.08 Å². The topological polar surface area (TPSA) is 38.8 Å². The zero-order chi connectivity index (χ0) is 17.8. The lowest BCUT2D eigenvalue weighted by atomic mass is 9.98. The summed E-state index contributed by atoms with van der Waals surface area (Å²) < 4.78 is 11.7. The third-order valence-electron chi connectivity index (χ3n) is 4.34. The van der Waals surface area contributed by atoms with Gasteiger partial charge in [0.15, 0.2) is 11.5 Å². The molecule has 2 aromatic carbocycles. The monoisotopic (exact) mass is 401 g/mol. The highest BCUT2D eigenvalue weighted by Gasteiger charge is 2.21.